The molecule has 0 unspecified atom stereocenters. The molecular formula is C21H19BrN2O5S2. The van der Waals surface area contributed by atoms with Crippen LogP contribution in [0.15, 0.2) is 74.7 Å². The summed E-state index contributed by atoms with van der Waals surface area (Å²) in [5, 5.41) is 2.78. The molecule has 0 fully saturated rings. The van der Waals surface area contributed by atoms with Gasteiger partial charge in [0.05, 0.1) is 10.3 Å². The van der Waals surface area contributed by atoms with Gasteiger partial charge in [-0.25, -0.2) is 8.42 Å². The molecule has 0 saturated heterocycles. The molecule has 2 atom stereocenters. The summed E-state index contributed by atoms with van der Waals surface area (Å²) in [5.41, 5.74) is 0.533. The minimum Gasteiger partial charge on any atom is -0.486 e. The molecule has 31 heavy (non-hydrogen) atoms. The summed E-state index contributed by atoms with van der Waals surface area (Å²) < 4.78 is 40.5. The van der Waals surface area contributed by atoms with Crippen molar-refractivity contribution in [2.75, 3.05) is 13.2 Å². The fraction of sp³-hybridized carbons (Fsp3) is 0.190. The van der Waals surface area contributed by atoms with Crippen LogP contribution in [0.3, 0.4) is 0 Å². The SMILES string of the molecule is O=C(NC[C@@H]1COc2ccccc2O1)[C@H](NS(=O)(=O)c1ccc(Br)s1)c1ccccc1. The molecule has 0 spiro atoms. The molecule has 1 aromatic heterocycles. The molecule has 4 rings (SSSR count). The Labute approximate surface area is 192 Å². The van der Waals surface area contributed by atoms with Crippen molar-refractivity contribution in [1.82, 2.24) is 10.0 Å². The van der Waals surface area contributed by atoms with E-state index in [0.29, 0.717) is 20.8 Å². The molecule has 0 bridgehead atoms. The van der Waals surface area contributed by atoms with Gasteiger partial charge in [0.15, 0.2) is 11.5 Å². The monoisotopic (exact) mass is 522 g/mol. The number of hydrogen-bond donors (Lipinski definition) is 2. The van der Waals surface area contributed by atoms with E-state index in [9.17, 15) is 13.2 Å². The summed E-state index contributed by atoms with van der Waals surface area (Å²) in [5.74, 6) is 0.784. The smallest absolute Gasteiger partial charge is 0.251 e. The van der Waals surface area contributed by atoms with Crippen molar-refractivity contribution in [3.8, 4) is 11.5 Å². The number of para-hydroxylation sites is 2. The van der Waals surface area contributed by atoms with Gasteiger partial charge in [-0.3, -0.25) is 4.79 Å². The lowest BCUT2D eigenvalue weighted by Gasteiger charge is -2.27. The number of carbonyl (C=O) groups is 1. The molecule has 0 radical (unpaired) electrons. The van der Waals surface area contributed by atoms with E-state index < -0.39 is 22.0 Å². The van der Waals surface area contributed by atoms with E-state index in [2.05, 4.69) is 26.0 Å². The zero-order chi connectivity index (χ0) is 21.8. The molecule has 2 aromatic carbocycles. The topological polar surface area (TPSA) is 93.7 Å². The van der Waals surface area contributed by atoms with E-state index in [0.717, 1.165) is 11.3 Å². The third kappa shape index (κ3) is 5.27. The second-order valence-electron chi connectivity index (χ2n) is 6.77. The molecule has 1 amide bonds. The number of ether oxygens (including phenoxy) is 2. The maximum Gasteiger partial charge on any atom is 0.251 e. The minimum atomic E-state index is -3.89. The highest BCUT2D eigenvalue weighted by Gasteiger charge is 2.29. The fourth-order valence-electron chi connectivity index (χ4n) is 3.05. The van der Waals surface area contributed by atoms with Crippen LogP contribution in [-0.2, 0) is 14.8 Å². The fourth-order valence-corrected chi connectivity index (χ4v) is 6.26. The van der Waals surface area contributed by atoms with Crippen LogP contribution in [0.2, 0.25) is 0 Å². The Morgan fingerprint density at radius 1 is 1.06 bits per heavy atom. The molecule has 0 aliphatic carbocycles. The third-order valence-corrected chi connectivity index (χ3v) is 8.09. The lowest BCUT2D eigenvalue weighted by Crippen LogP contribution is -2.45. The first-order chi connectivity index (χ1) is 14.9. The number of hydrogen-bond acceptors (Lipinski definition) is 6. The van der Waals surface area contributed by atoms with Crippen molar-refractivity contribution in [2.45, 2.75) is 16.4 Å². The number of halogens is 1. The maximum absolute atomic E-state index is 13.0. The van der Waals surface area contributed by atoms with Crippen molar-refractivity contribution < 1.29 is 22.7 Å². The molecule has 0 saturated carbocycles. The molecular weight excluding hydrogens is 504 g/mol. The highest BCUT2D eigenvalue weighted by Crippen LogP contribution is 2.31. The Bertz CT molecular complexity index is 1170. The number of carbonyl (C=O) groups excluding carboxylic acids is 1. The van der Waals surface area contributed by atoms with Gasteiger partial charge >= 0.3 is 0 Å². The van der Waals surface area contributed by atoms with Crippen molar-refractivity contribution in [3.05, 3.63) is 76.1 Å². The minimum absolute atomic E-state index is 0.119. The average molecular weight is 523 g/mol. The quantitative estimate of drug-likeness (QED) is 0.495. The van der Waals surface area contributed by atoms with Gasteiger partial charge < -0.3 is 14.8 Å². The Balaban J connectivity index is 1.47. The van der Waals surface area contributed by atoms with Gasteiger partial charge in [-0.05, 0) is 45.8 Å². The Morgan fingerprint density at radius 2 is 1.77 bits per heavy atom. The number of benzene rings is 2. The van der Waals surface area contributed by atoms with Gasteiger partial charge in [0, 0.05) is 0 Å². The van der Waals surface area contributed by atoms with E-state index in [1.807, 2.05) is 18.2 Å². The van der Waals surface area contributed by atoms with Crippen LogP contribution in [0, 0.1) is 0 Å². The first-order valence-electron chi connectivity index (χ1n) is 9.41. The van der Waals surface area contributed by atoms with Crippen LogP contribution < -0.4 is 19.5 Å². The van der Waals surface area contributed by atoms with Crippen molar-refractivity contribution >= 4 is 43.2 Å². The first-order valence-corrected chi connectivity index (χ1v) is 12.5. The predicted molar refractivity (Wildman–Crippen MR) is 121 cm³/mol. The van der Waals surface area contributed by atoms with Gasteiger partial charge in [0.25, 0.3) is 10.0 Å². The molecule has 10 heteroatoms. The maximum atomic E-state index is 13.0. The third-order valence-electron chi connectivity index (χ3n) is 4.55. The summed E-state index contributed by atoms with van der Waals surface area (Å²) in [6.07, 6.45) is -0.389. The summed E-state index contributed by atoms with van der Waals surface area (Å²) in [6, 6.07) is 18.0. The summed E-state index contributed by atoms with van der Waals surface area (Å²) in [4.78, 5) is 13.0. The van der Waals surface area contributed by atoms with E-state index in [1.165, 1.54) is 6.07 Å². The lowest BCUT2D eigenvalue weighted by atomic mass is 10.1. The van der Waals surface area contributed by atoms with Gasteiger partial charge in [-0.15, -0.1) is 11.3 Å². The Kier molecular flexibility index (Phi) is 6.61. The highest BCUT2D eigenvalue weighted by molar-refractivity contribution is 9.11. The van der Waals surface area contributed by atoms with E-state index in [4.69, 9.17) is 9.47 Å². The average Bonchev–Trinajstić information content (AvgIpc) is 3.24. The van der Waals surface area contributed by atoms with Crippen molar-refractivity contribution in [3.63, 3.8) is 0 Å². The van der Waals surface area contributed by atoms with Crippen LogP contribution in [0.4, 0.5) is 0 Å². The number of fused-ring (bicyclic) bond motifs is 1. The first kappa shape index (κ1) is 21.8. The predicted octanol–water partition coefficient (Wildman–Crippen LogP) is 3.49. The Hall–Kier alpha value is -2.40. The molecule has 2 N–H and O–H groups in total. The zero-order valence-corrected chi connectivity index (χ0v) is 19.4. The van der Waals surface area contributed by atoms with Crippen LogP contribution in [-0.4, -0.2) is 33.6 Å². The molecule has 3 aromatic rings. The van der Waals surface area contributed by atoms with Crippen LogP contribution >= 0.6 is 27.3 Å². The standard InChI is InChI=1S/C21H19BrN2O5S2/c22-18-10-11-19(30-18)31(26,27)24-20(14-6-2-1-3-7-14)21(25)23-12-15-13-28-16-8-4-5-9-17(16)29-15/h1-11,15,20,24H,12-13H2,(H,23,25)/t15-,20-/m1/s1. The van der Waals surface area contributed by atoms with E-state index in [1.54, 1.807) is 42.5 Å². The summed E-state index contributed by atoms with van der Waals surface area (Å²) >= 11 is 4.34. The van der Waals surface area contributed by atoms with Gasteiger partial charge in [0.1, 0.15) is 23.0 Å². The second-order valence-corrected chi connectivity index (χ2v) is 11.2. The van der Waals surface area contributed by atoms with Crippen molar-refractivity contribution in [1.29, 1.82) is 0 Å². The van der Waals surface area contributed by atoms with Crippen LogP contribution in [0.25, 0.3) is 0 Å². The molecule has 1 aliphatic heterocycles. The number of amides is 1. The van der Waals surface area contributed by atoms with Crippen molar-refractivity contribution in [2.24, 2.45) is 0 Å². The molecule has 2 heterocycles. The molecule has 7 nitrogen and oxygen atoms in total. The number of thiophene rings is 1. The van der Waals surface area contributed by atoms with E-state index >= 15 is 0 Å². The number of rotatable bonds is 7. The Morgan fingerprint density at radius 3 is 2.48 bits per heavy atom. The van der Waals surface area contributed by atoms with Crippen LogP contribution in [0.1, 0.15) is 11.6 Å². The van der Waals surface area contributed by atoms with Gasteiger partial charge in [-0.1, -0.05) is 42.5 Å². The highest BCUT2D eigenvalue weighted by atomic mass is 79.9. The van der Waals surface area contributed by atoms with Gasteiger partial charge in [0.2, 0.25) is 5.91 Å². The summed E-state index contributed by atoms with van der Waals surface area (Å²) in [7, 11) is -3.89. The lowest BCUT2D eigenvalue weighted by molar-refractivity contribution is -0.123. The molecule has 162 valence electrons. The second kappa shape index (κ2) is 9.39. The summed E-state index contributed by atoms with van der Waals surface area (Å²) in [6.45, 7) is 0.449. The number of sulfonamides is 1. The normalized spacial score (nSPS) is 16.5. The molecule has 1 aliphatic rings. The van der Waals surface area contributed by atoms with Gasteiger partial charge in [-0.2, -0.15) is 4.72 Å². The largest absolute Gasteiger partial charge is 0.486 e. The zero-order valence-electron chi connectivity index (χ0n) is 16.2. The van der Waals surface area contributed by atoms with E-state index in [-0.39, 0.29) is 23.5 Å². The number of nitrogens with one attached hydrogen (secondary N) is 2. The van der Waals surface area contributed by atoms with Crippen LogP contribution in [0.5, 0.6) is 11.5 Å².